The monoisotopic (exact) mass is 231 g/mol. The van der Waals surface area contributed by atoms with Crippen LogP contribution in [0.1, 0.15) is 19.8 Å². The Kier molecular flexibility index (Phi) is 6.14. The van der Waals surface area contributed by atoms with Crippen LogP contribution in [0.15, 0.2) is 0 Å². The Labute approximate surface area is 82.6 Å². The largest absolute Gasteiger partial charge is 0.395 e. The SMILES string of the molecule is CCCCN(CCO)S(=O)(=O)C(F)F. The minimum Gasteiger partial charge on any atom is -0.395 e. The first-order valence-electron chi connectivity index (χ1n) is 4.34. The van der Waals surface area contributed by atoms with E-state index in [2.05, 4.69) is 0 Å². The third-order valence-corrected chi connectivity index (χ3v) is 3.23. The van der Waals surface area contributed by atoms with Crippen molar-refractivity contribution in [3.63, 3.8) is 0 Å². The second-order valence-corrected chi connectivity index (χ2v) is 4.68. The molecule has 0 unspecified atom stereocenters. The van der Waals surface area contributed by atoms with Crippen LogP contribution in [-0.4, -0.2) is 43.3 Å². The van der Waals surface area contributed by atoms with Crippen LogP contribution in [0.4, 0.5) is 8.78 Å². The van der Waals surface area contributed by atoms with Gasteiger partial charge in [-0.05, 0) is 6.42 Å². The van der Waals surface area contributed by atoms with Gasteiger partial charge in [-0.3, -0.25) is 0 Å². The van der Waals surface area contributed by atoms with Crippen molar-refractivity contribution >= 4 is 10.0 Å². The number of rotatable bonds is 7. The zero-order chi connectivity index (χ0) is 11.2. The zero-order valence-electron chi connectivity index (χ0n) is 7.99. The van der Waals surface area contributed by atoms with Crippen LogP contribution in [0.2, 0.25) is 0 Å². The molecule has 0 amide bonds. The van der Waals surface area contributed by atoms with E-state index in [1.165, 1.54) is 0 Å². The molecule has 1 N–H and O–H groups in total. The maximum atomic E-state index is 12.1. The standard InChI is InChI=1S/C7H15F2NO3S/c1-2-3-4-10(5-6-11)14(12,13)7(8)9/h7,11H,2-6H2,1H3. The van der Waals surface area contributed by atoms with Crippen LogP contribution in [0.25, 0.3) is 0 Å². The van der Waals surface area contributed by atoms with Crippen LogP contribution < -0.4 is 0 Å². The van der Waals surface area contributed by atoms with E-state index in [4.69, 9.17) is 5.11 Å². The number of sulfonamides is 1. The first kappa shape index (κ1) is 13.7. The third-order valence-electron chi connectivity index (χ3n) is 1.70. The lowest BCUT2D eigenvalue weighted by Crippen LogP contribution is -2.38. The van der Waals surface area contributed by atoms with E-state index in [0.29, 0.717) is 17.1 Å². The number of hydrogen-bond acceptors (Lipinski definition) is 3. The van der Waals surface area contributed by atoms with Crippen molar-refractivity contribution in [3.8, 4) is 0 Å². The van der Waals surface area contributed by atoms with E-state index >= 15 is 0 Å². The Bertz CT molecular complexity index is 243. The van der Waals surface area contributed by atoms with Crippen molar-refractivity contribution in [2.75, 3.05) is 19.7 Å². The average Bonchev–Trinajstić information content (AvgIpc) is 2.11. The molecule has 0 aromatic carbocycles. The van der Waals surface area contributed by atoms with Crippen LogP contribution in [0.5, 0.6) is 0 Å². The molecule has 0 aliphatic heterocycles. The number of nitrogens with zero attached hydrogens (tertiary/aromatic N) is 1. The highest BCUT2D eigenvalue weighted by Crippen LogP contribution is 2.12. The number of unbranched alkanes of at least 4 members (excludes halogenated alkanes) is 1. The molecule has 0 spiro atoms. The maximum Gasteiger partial charge on any atom is 0.350 e. The Morgan fingerprint density at radius 1 is 1.36 bits per heavy atom. The van der Waals surface area contributed by atoms with Gasteiger partial charge in [0.25, 0.3) is 10.0 Å². The summed E-state index contributed by atoms with van der Waals surface area (Å²) >= 11 is 0. The third kappa shape index (κ3) is 3.85. The van der Waals surface area contributed by atoms with Crippen molar-refractivity contribution in [2.45, 2.75) is 25.5 Å². The molecule has 0 aromatic heterocycles. The molecule has 7 heteroatoms. The lowest BCUT2D eigenvalue weighted by atomic mass is 10.3. The molecule has 0 atom stereocenters. The predicted molar refractivity (Wildman–Crippen MR) is 48.5 cm³/mol. The van der Waals surface area contributed by atoms with Gasteiger partial charge in [-0.25, -0.2) is 8.42 Å². The lowest BCUT2D eigenvalue weighted by Gasteiger charge is -2.19. The Morgan fingerprint density at radius 2 is 1.93 bits per heavy atom. The van der Waals surface area contributed by atoms with Crippen molar-refractivity contribution < 1.29 is 22.3 Å². The summed E-state index contributed by atoms with van der Waals surface area (Å²) in [6.45, 7) is 1.14. The van der Waals surface area contributed by atoms with E-state index in [1.807, 2.05) is 6.92 Å². The first-order valence-corrected chi connectivity index (χ1v) is 5.85. The summed E-state index contributed by atoms with van der Waals surface area (Å²) in [6, 6.07) is 0. The molecule has 0 aromatic rings. The van der Waals surface area contributed by atoms with Gasteiger partial charge in [0.1, 0.15) is 0 Å². The predicted octanol–water partition coefficient (Wildman–Crippen LogP) is 0.633. The number of aliphatic hydroxyl groups excluding tert-OH is 1. The summed E-state index contributed by atoms with van der Waals surface area (Å²) < 4.78 is 46.8. The van der Waals surface area contributed by atoms with Gasteiger partial charge in [0, 0.05) is 13.1 Å². The molecule has 0 rings (SSSR count). The van der Waals surface area contributed by atoms with Crippen LogP contribution in [0.3, 0.4) is 0 Å². The van der Waals surface area contributed by atoms with Crippen LogP contribution in [-0.2, 0) is 10.0 Å². The fourth-order valence-electron chi connectivity index (χ4n) is 0.925. The molecule has 0 aliphatic carbocycles. The van der Waals surface area contributed by atoms with Crippen molar-refractivity contribution in [3.05, 3.63) is 0 Å². The van der Waals surface area contributed by atoms with Gasteiger partial charge in [-0.15, -0.1) is 0 Å². The molecule has 0 bridgehead atoms. The van der Waals surface area contributed by atoms with Gasteiger partial charge in [0.15, 0.2) is 0 Å². The number of halogens is 2. The van der Waals surface area contributed by atoms with Crippen LogP contribution >= 0.6 is 0 Å². The molecule has 0 saturated carbocycles. The normalized spacial score (nSPS) is 12.7. The summed E-state index contributed by atoms with van der Waals surface area (Å²) in [5.74, 6) is -3.41. The number of alkyl halides is 2. The van der Waals surface area contributed by atoms with Gasteiger partial charge >= 0.3 is 5.76 Å². The summed E-state index contributed by atoms with van der Waals surface area (Å²) in [7, 11) is -4.53. The fraction of sp³-hybridized carbons (Fsp3) is 1.00. The van der Waals surface area contributed by atoms with Gasteiger partial charge in [0.05, 0.1) is 6.61 Å². The van der Waals surface area contributed by atoms with Gasteiger partial charge in [0.2, 0.25) is 0 Å². The van der Waals surface area contributed by atoms with Gasteiger partial charge in [-0.2, -0.15) is 13.1 Å². The van der Waals surface area contributed by atoms with Crippen LogP contribution in [0, 0.1) is 0 Å². The minimum absolute atomic E-state index is 0.0315. The topological polar surface area (TPSA) is 57.6 Å². The quantitative estimate of drug-likeness (QED) is 0.699. The summed E-state index contributed by atoms with van der Waals surface area (Å²) in [6.07, 6.45) is 1.21. The van der Waals surface area contributed by atoms with E-state index in [1.54, 1.807) is 0 Å². The highest BCUT2D eigenvalue weighted by atomic mass is 32.2. The zero-order valence-corrected chi connectivity index (χ0v) is 8.80. The van der Waals surface area contributed by atoms with Gasteiger partial charge in [-0.1, -0.05) is 13.3 Å². The molecule has 14 heavy (non-hydrogen) atoms. The fourth-order valence-corrected chi connectivity index (χ4v) is 1.87. The van der Waals surface area contributed by atoms with Crippen molar-refractivity contribution in [1.29, 1.82) is 0 Å². The molecule has 0 heterocycles. The maximum absolute atomic E-state index is 12.1. The highest BCUT2D eigenvalue weighted by molar-refractivity contribution is 7.89. The molecule has 0 fully saturated rings. The summed E-state index contributed by atoms with van der Waals surface area (Å²) in [4.78, 5) is 0. The Balaban J connectivity index is 4.47. The summed E-state index contributed by atoms with van der Waals surface area (Å²) in [5, 5.41) is 8.53. The van der Waals surface area contributed by atoms with E-state index in [-0.39, 0.29) is 13.1 Å². The minimum atomic E-state index is -4.53. The lowest BCUT2D eigenvalue weighted by molar-refractivity contribution is 0.205. The van der Waals surface area contributed by atoms with Crippen molar-refractivity contribution in [2.24, 2.45) is 0 Å². The Morgan fingerprint density at radius 3 is 2.29 bits per heavy atom. The van der Waals surface area contributed by atoms with E-state index < -0.39 is 22.4 Å². The molecule has 86 valence electrons. The molecule has 0 saturated heterocycles. The molecular weight excluding hydrogens is 216 g/mol. The summed E-state index contributed by atoms with van der Waals surface area (Å²) in [5.41, 5.74) is 0. The van der Waals surface area contributed by atoms with Crippen molar-refractivity contribution in [1.82, 2.24) is 4.31 Å². The second kappa shape index (κ2) is 6.26. The molecule has 4 nitrogen and oxygen atoms in total. The second-order valence-electron chi connectivity index (χ2n) is 2.78. The highest BCUT2D eigenvalue weighted by Gasteiger charge is 2.30. The molecule has 0 radical (unpaired) electrons. The smallest absolute Gasteiger partial charge is 0.350 e. The number of aliphatic hydroxyl groups is 1. The molecule has 0 aliphatic rings. The van der Waals surface area contributed by atoms with E-state index in [9.17, 15) is 17.2 Å². The Hall–Kier alpha value is -0.270. The molecular formula is C7H15F2NO3S. The average molecular weight is 231 g/mol. The van der Waals surface area contributed by atoms with Gasteiger partial charge < -0.3 is 5.11 Å². The van der Waals surface area contributed by atoms with E-state index in [0.717, 1.165) is 0 Å². The first-order chi connectivity index (χ1) is 6.46. The number of hydrogen-bond donors (Lipinski definition) is 1.